The van der Waals surface area contributed by atoms with Crippen LogP contribution in [0.1, 0.15) is 0 Å². The Labute approximate surface area is 438 Å². The molecule has 0 aliphatic heterocycles. The van der Waals surface area contributed by atoms with Crippen molar-refractivity contribution in [3.8, 4) is 27.9 Å². The zero-order chi connectivity index (χ0) is 49.4. The van der Waals surface area contributed by atoms with Crippen molar-refractivity contribution >= 4 is 124 Å². The maximum Gasteiger partial charge on any atom is 0.0541 e. The zero-order valence-electron chi connectivity index (χ0n) is 40.9. The number of anilines is 3. The lowest BCUT2D eigenvalue weighted by molar-refractivity contribution is 1.18. The first kappa shape index (κ1) is 43.1. The van der Waals surface area contributed by atoms with Crippen molar-refractivity contribution in [2.24, 2.45) is 0 Å². The summed E-state index contributed by atoms with van der Waals surface area (Å²) < 4.78 is 4.97. The Morgan fingerprint density at radius 3 is 1.28 bits per heavy atom. The highest BCUT2D eigenvalue weighted by Gasteiger charge is 2.19. The number of thiophene rings is 1. The average molecular weight is 971 g/mol. The Balaban J connectivity index is 0.977. The van der Waals surface area contributed by atoms with Crippen molar-refractivity contribution in [1.82, 2.24) is 4.57 Å². The minimum atomic E-state index is 1.08. The van der Waals surface area contributed by atoms with Gasteiger partial charge in [-0.2, -0.15) is 0 Å². The molecule has 15 aromatic rings. The van der Waals surface area contributed by atoms with Crippen LogP contribution in [0.2, 0.25) is 0 Å². The number of rotatable bonds is 6. The summed E-state index contributed by atoms with van der Waals surface area (Å²) in [5.41, 5.74) is 11.5. The highest BCUT2D eigenvalue weighted by atomic mass is 32.1. The maximum atomic E-state index is 2.48. The molecule has 0 amide bonds. The summed E-state index contributed by atoms with van der Waals surface area (Å²) in [6, 6.07) is 103. The van der Waals surface area contributed by atoms with Gasteiger partial charge >= 0.3 is 0 Å². The van der Waals surface area contributed by atoms with Crippen LogP contribution in [-0.2, 0) is 0 Å². The standard InChI is InChI=1S/C72H46N2S/c1-3-17-47(18-4-1)48-31-36-52(37-32-48)73(53-38-33-49(34-39-53)50-35-42-70-67(43-50)62-27-13-15-29-69(62)74(70)51-19-5-2-6-20-51)54-40-41-61-64(44-54)59-25-11-9-23-57(59)55-21-7-8-22-56(55)58-24-10-12-26-60(58)66-46-72-68(45-65(61)66)63-28-14-16-30-71(63)75-72/h1-46H. The number of fused-ring (bicyclic) bond motifs is 16. The normalized spacial score (nSPS) is 11.7. The Bertz CT molecular complexity index is 4800. The first-order valence-electron chi connectivity index (χ1n) is 25.7. The topological polar surface area (TPSA) is 8.17 Å². The van der Waals surface area contributed by atoms with Gasteiger partial charge in [-0.05, 0) is 161 Å². The third-order valence-electron chi connectivity index (χ3n) is 15.4. The molecule has 0 radical (unpaired) electrons. The van der Waals surface area contributed by atoms with Crippen molar-refractivity contribution in [3.63, 3.8) is 0 Å². The van der Waals surface area contributed by atoms with E-state index in [0.717, 1.165) is 22.7 Å². The summed E-state index contributed by atoms with van der Waals surface area (Å²) >= 11 is 1.88. The Kier molecular flexibility index (Phi) is 10.1. The van der Waals surface area contributed by atoms with Crippen LogP contribution >= 0.6 is 11.3 Å². The van der Waals surface area contributed by atoms with Gasteiger partial charge in [-0.15, -0.1) is 11.3 Å². The van der Waals surface area contributed by atoms with Crippen molar-refractivity contribution < 1.29 is 0 Å². The molecule has 2 aromatic heterocycles. The van der Waals surface area contributed by atoms with Crippen LogP contribution in [0.4, 0.5) is 17.1 Å². The van der Waals surface area contributed by atoms with Gasteiger partial charge in [0.05, 0.1) is 11.0 Å². The van der Waals surface area contributed by atoms with Crippen LogP contribution in [0.5, 0.6) is 0 Å². The number of para-hydroxylation sites is 2. The number of nitrogens with zero attached hydrogens (tertiary/aromatic N) is 2. The van der Waals surface area contributed by atoms with Gasteiger partial charge in [0.1, 0.15) is 0 Å². The molecule has 0 N–H and O–H groups in total. The quantitative estimate of drug-likeness (QED) is 0.161. The summed E-state index contributed by atoms with van der Waals surface area (Å²) in [5, 5.41) is 17.2. The molecule has 0 saturated heterocycles. The molecule has 0 saturated carbocycles. The van der Waals surface area contributed by atoms with Gasteiger partial charge in [0, 0.05) is 53.7 Å². The van der Waals surface area contributed by atoms with Crippen LogP contribution in [0.15, 0.2) is 279 Å². The van der Waals surface area contributed by atoms with E-state index in [1.165, 1.54) is 118 Å². The van der Waals surface area contributed by atoms with Crippen LogP contribution in [0, 0.1) is 0 Å². The largest absolute Gasteiger partial charge is 0.310 e. The Hall–Kier alpha value is -9.54. The molecule has 0 unspecified atom stereocenters. The summed E-state index contributed by atoms with van der Waals surface area (Å²) in [5.74, 6) is 0. The fraction of sp³-hybridized carbons (Fsp3) is 0. The highest BCUT2D eigenvalue weighted by Crippen LogP contribution is 2.45. The van der Waals surface area contributed by atoms with Crippen LogP contribution in [0.3, 0.4) is 0 Å². The smallest absolute Gasteiger partial charge is 0.0541 e. The molecule has 2 heterocycles. The summed E-state index contributed by atoms with van der Waals surface area (Å²) in [6.07, 6.45) is 0. The van der Waals surface area contributed by atoms with E-state index in [2.05, 4.69) is 289 Å². The molecule has 0 aliphatic carbocycles. The lowest BCUT2D eigenvalue weighted by Gasteiger charge is -2.26. The zero-order valence-corrected chi connectivity index (χ0v) is 41.7. The van der Waals surface area contributed by atoms with Gasteiger partial charge < -0.3 is 9.47 Å². The maximum absolute atomic E-state index is 2.48. The van der Waals surface area contributed by atoms with E-state index in [0.29, 0.717) is 0 Å². The summed E-state index contributed by atoms with van der Waals surface area (Å²) in [4.78, 5) is 2.43. The van der Waals surface area contributed by atoms with Crippen LogP contribution in [0.25, 0.3) is 124 Å². The molecular formula is C72H46N2S. The molecule has 350 valence electrons. The third kappa shape index (κ3) is 7.16. The first-order chi connectivity index (χ1) is 37.2. The molecule has 0 fully saturated rings. The van der Waals surface area contributed by atoms with E-state index in [4.69, 9.17) is 0 Å². The fourth-order valence-electron chi connectivity index (χ4n) is 11.9. The van der Waals surface area contributed by atoms with E-state index in [1.807, 2.05) is 11.3 Å². The van der Waals surface area contributed by atoms with E-state index >= 15 is 0 Å². The molecule has 0 bridgehead atoms. The van der Waals surface area contributed by atoms with Crippen molar-refractivity contribution in [2.75, 3.05) is 4.90 Å². The minimum Gasteiger partial charge on any atom is -0.310 e. The molecule has 15 rings (SSSR count). The number of benzene rings is 12. The summed E-state index contributed by atoms with van der Waals surface area (Å²) in [7, 11) is 0. The molecule has 0 spiro atoms. The van der Waals surface area contributed by atoms with Gasteiger partial charge in [-0.3, -0.25) is 0 Å². The minimum absolute atomic E-state index is 1.08. The van der Waals surface area contributed by atoms with E-state index in [1.54, 1.807) is 0 Å². The molecular weight excluding hydrogens is 925 g/mol. The second-order valence-corrected chi connectivity index (χ2v) is 20.7. The SMILES string of the molecule is c1ccc(-c2ccc(N(c3ccc(-c4ccc5c(c4)c4ccccc4n5-c4ccccc4)cc3)c3ccc4c(c3)c3ccccc3c3ccccc3c3ccccc3c3cc5sc6ccccc6c5cc43)cc2)cc1. The summed E-state index contributed by atoms with van der Waals surface area (Å²) in [6.45, 7) is 0. The lowest BCUT2D eigenvalue weighted by atomic mass is 9.93. The monoisotopic (exact) mass is 970 g/mol. The van der Waals surface area contributed by atoms with E-state index in [-0.39, 0.29) is 0 Å². The number of hydrogen-bond acceptors (Lipinski definition) is 2. The predicted molar refractivity (Wildman–Crippen MR) is 324 cm³/mol. The number of hydrogen-bond donors (Lipinski definition) is 0. The van der Waals surface area contributed by atoms with Crippen LogP contribution in [-0.4, -0.2) is 4.57 Å². The van der Waals surface area contributed by atoms with Gasteiger partial charge in [-0.1, -0.05) is 194 Å². The third-order valence-corrected chi connectivity index (χ3v) is 16.5. The van der Waals surface area contributed by atoms with Gasteiger partial charge in [0.2, 0.25) is 0 Å². The lowest BCUT2D eigenvalue weighted by Crippen LogP contribution is -2.09. The van der Waals surface area contributed by atoms with Gasteiger partial charge in [0.15, 0.2) is 0 Å². The molecule has 75 heavy (non-hydrogen) atoms. The Morgan fingerprint density at radius 2 is 0.653 bits per heavy atom. The highest BCUT2D eigenvalue weighted by molar-refractivity contribution is 7.25. The van der Waals surface area contributed by atoms with E-state index in [9.17, 15) is 0 Å². The molecule has 2 nitrogen and oxygen atoms in total. The second-order valence-electron chi connectivity index (χ2n) is 19.6. The molecule has 13 aromatic carbocycles. The molecule has 0 atom stereocenters. The van der Waals surface area contributed by atoms with Crippen LogP contribution < -0.4 is 4.90 Å². The fourth-order valence-corrected chi connectivity index (χ4v) is 13.0. The predicted octanol–water partition coefficient (Wildman–Crippen LogP) is 20.8. The Morgan fingerprint density at radius 1 is 0.227 bits per heavy atom. The van der Waals surface area contributed by atoms with Crippen molar-refractivity contribution in [2.45, 2.75) is 0 Å². The van der Waals surface area contributed by atoms with Crippen molar-refractivity contribution in [1.29, 1.82) is 0 Å². The van der Waals surface area contributed by atoms with Gasteiger partial charge in [0.25, 0.3) is 0 Å². The van der Waals surface area contributed by atoms with Crippen molar-refractivity contribution in [3.05, 3.63) is 279 Å². The second kappa shape index (κ2) is 17.6. The average Bonchev–Trinajstić information content (AvgIpc) is 4.04. The molecule has 3 heteroatoms. The molecule has 0 aliphatic rings. The number of aromatic nitrogens is 1. The van der Waals surface area contributed by atoms with Gasteiger partial charge in [-0.25, -0.2) is 0 Å². The first-order valence-corrected chi connectivity index (χ1v) is 26.5. The van der Waals surface area contributed by atoms with E-state index < -0.39 is 0 Å².